The summed E-state index contributed by atoms with van der Waals surface area (Å²) in [6.45, 7) is 7.24. The van der Waals surface area contributed by atoms with E-state index in [0.717, 1.165) is 18.5 Å². The number of hydrogen-bond acceptors (Lipinski definition) is 3. The molecule has 3 unspecified atom stereocenters. The van der Waals surface area contributed by atoms with Gasteiger partial charge in [0.1, 0.15) is 0 Å². The van der Waals surface area contributed by atoms with Gasteiger partial charge >= 0.3 is 0 Å². The minimum atomic E-state index is -0.282. The molecular formula is C19H29N3O2. The first kappa shape index (κ1) is 18.5. The van der Waals surface area contributed by atoms with Crippen molar-refractivity contribution in [3.8, 4) is 0 Å². The van der Waals surface area contributed by atoms with Crippen LogP contribution in [0.5, 0.6) is 0 Å². The summed E-state index contributed by atoms with van der Waals surface area (Å²) in [5.41, 5.74) is 7.82. The molecule has 132 valence electrons. The van der Waals surface area contributed by atoms with Crippen molar-refractivity contribution in [3.63, 3.8) is 0 Å². The molecule has 1 heterocycles. The zero-order valence-corrected chi connectivity index (χ0v) is 14.9. The Kier molecular flexibility index (Phi) is 6.37. The Morgan fingerprint density at radius 3 is 2.75 bits per heavy atom. The van der Waals surface area contributed by atoms with Gasteiger partial charge in [-0.05, 0) is 37.3 Å². The Morgan fingerprint density at radius 1 is 1.38 bits per heavy atom. The molecule has 2 amide bonds. The number of nitrogens with two attached hydrogens (primary N) is 1. The number of amides is 2. The van der Waals surface area contributed by atoms with Gasteiger partial charge in [0.2, 0.25) is 11.8 Å². The summed E-state index contributed by atoms with van der Waals surface area (Å²) < 4.78 is 0. The fraction of sp³-hybridized carbons (Fsp3) is 0.579. The predicted octanol–water partition coefficient (Wildman–Crippen LogP) is 2.41. The van der Waals surface area contributed by atoms with E-state index in [9.17, 15) is 9.59 Å². The Morgan fingerprint density at radius 2 is 2.08 bits per heavy atom. The smallest absolute Gasteiger partial charge is 0.227 e. The van der Waals surface area contributed by atoms with E-state index in [0.29, 0.717) is 19.0 Å². The molecule has 1 aromatic carbocycles. The molecule has 0 aliphatic carbocycles. The lowest BCUT2D eigenvalue weighted by molar-refractivity contribution is -0.126. The molecule has 0 spiro atoms. The molecule has 3 atom stereocenters. The first-order valence-electron chi connectivity index (χ1n) is 8.86. The van der Waals surface area contributed by atoms with Gasteiger partial charge in [-0.2, -0.15) is 0 Å². The Balaban J connectivity index is 2.06. The number of nitrogens with zero attached hydrogens (tertiary/aromatic N) is 1. The SMILES string of the molecule is CCC(C)c1ccccc1N1CC(C(=O)NCCC(C)N)CC1=O. The van der Waals surface area contributed by atoms with Crippen LogP contribution in [0.1, 0.15) is 51.5 Å². The van der Waals surface area contributed by atoms with Crippen LogP contribution in [0.15, 0.2) is 24.3 Å². The van der Waals surface area contributed by atoms with Gasteiger partial charge in [-0.25, -0.2) is 0 Å². The summed E-state index contributed by atoms with van der Waals surface area (Å²) in [5, 5.41) is 2.90. The van der Waals surface area contributed by atoms with Crippen LogP contribution < -0.4 is 16.0 Å². The van der Waals surface area contributed by atoms with Crippen molar-refractivity contribution in [1.29, 1.82) is 0 Å². The van der Waals surface area contributed by atoms with Gasteiger partial charge in [0.25, 0.3) is 0 Å². The Bertz CT molecular complexity index is 586. The molecule has 1 saturated heterocycles. The van der Waals surface area contributed by atoms with Crippen LogP contribution in [0.4, 0.5) is 5.69 Å². The van der Waals surface area contributed by atoms with Gasteiger partial charge in [-0.3, -0.25) is 9.59 Å². The Hall–Kier alpha value is -1.88. The fourth-order valence-electron chi connectivity index (χ4n) is 3.05. The normalized spacial score (nSPS) is 20.1. The minimum absolute atomic E-state index is 0.0260. The van der Waals surface area contributed by atoms with E-state index in [4.69, 9.17) is 5.73 Å². The monoisotopic (exact) mass is 331 g/mol. The van der Waals surface area contributed by atoms with E-state index < -0.39 is 0 Å². The molecule has 24 heavy (non-hydrogen) atoms. The van der Waals surface area contributed by atoms with E-state index >= 15 is 0 Å². The zero-order valence-electron chi connectivity index (χ0n) is 14.9. The average Bonchev–Trinajstić information content (AvgIpc) is 2.95. The average molecular weight is 331 g/mol. The largest absolute Gasteiger partial charge is 0.356 e. The summed E-state index contributed by atoms with van der Waals surface area (Å²) in [6.07, 6.45) is 2.03. The molecule has 5 nitrogen and oxygen atoms in total. The standard InChI is InChI=1S/C19H29N3O2/c1-4-13(2)16-7-5-6-8-17(16)22-12-15(11-18(22)23)19(24)21-10-9-14(3)20/h5-8,13-15H,4,9-12,20H2,1-3H3,(H,21,24). The lowest BCUT2D eigenvalue weighted by atomic mass is 9.96. The minimum Gasteiger partial charge on any atom is -0.356 e. The molecule has 0 radical (unpaired) electrons. The number of benzene rings is 1. The van der Waals surface area contributed by atoms with Crippen LogP contribution in [0.2, 0.25) is 0 Å². The van der Waals surface area contributed by atoms with Crippen molar-refractivity contribution in [2.75, 3.05) is 18.0 Å². The van der Waals surface area contributed by atoms with Crippen molar-refractivity contribution in [1.82, 2.24) is 5.32 Å². The Labute approximate surface area is 144 Å². The quantitative estimate of drug-likeness (QED) is 0.805. The maximum absolute atomic E-state index is 12.5. The second kappa shape index (κ2) is 8.29. The van der Waals surface area contributed by atoms with Crippen LogP contribution in [0, 0.1) is 5.92 Å². The highest BCUT2D eigenvalue weighted by Gasteiger charge is 2.36. The van der Waals surface area contributed by atoms with E-state index in [1.54, 1.807) is 4.90 Å². The molecule has 0 bridgehead atoms. The second-order valence-electron chi connectivity index (χ2n) is 6.83. The first-order valence-corrected chi connectivity index (χ1v) is 8.86. The van der Waals surface area contributed by atoms with E-state index in [1.165, 1.54) is 5.56 Å². The van der Waals surface area contributed by atoms with Gasteiger partial charge in [0.05, 0.1) is 5.92 Å². The van der Waals surface area contributed by atoms with Crippen LogP contribution in [0.25, 0.3) is 0 Å². The molecule has 5 heteroatoms. The molecule has 2 rings (SSSR count). The highest BCUT2D eigenvalue weighted by molar-refractivity contribution is 6.00. The zero-order chi connectivity index (χ0) is 17.7. The van der Waals surface area contributed by atoms with Crippen LogP contribution >= 0.6 is 0 Å². The van der Waals surface area contributed by atoms with E-state index in [-0.39, 0.29) is 30.2 Å². The maximum Gasteiger partial charge on any atom is 0.227 e. The van der Waals surface area contributed by atoms with Crippen molar-refractivity contribution in [3.05, 3.63) is 29.8 Å². The van der Waals surface area contributed by atoms with Gasteiger partial charge in [0.15, 0.2) is 0 Å². The predicted molar refractivity (Wildman–Crippen MR) is 96.9 cm³/mol. The number of carbonyl (C=O) groups excluding carboxylic acids is 2. The van der Waals surface area contributed by atoms with E-state index in [1.807, 2.05) is 25.1 Å². The third kappa shape index (κ3) is 4.35. The molecule has 1 aliphatic heterocycles. The van der Waals surface area contributed by atoms with Crippen LogP contribution in [-0.4, -0.2) is 30.9 Å². The number of anilines is 1. The number of para-hydroxylation sites is 1. The third-order valence-electron chi connectivity index (χ3n) is 4.77. The van der Waals surface area contributed by atoms with Crippen LogP contribution in [-0.2, 0) is 9.59 Å². The van der Waals surface area contributed by atoms with Gasteiger partial charge in [0, 0.05) is 31.2 Å². The van der Waals surface area contributed by atoms with Crippen molar-refractivity contribution < 1.29 is 9.59 Å². The topological polar surface area (TPSA) is 75.4 Å². The lowest BCUT2D eigenvalue weighted by Gasteiger charge is -2.23. The van der Waals surface area contributed by atoms with Crippen molar-refractivity contribution >= 4 is 17.5 Å². The molecule has 0 aromatic heterocycles. The molecular weight excluding hydrogens is 302 g/mol. The summed E-state index contributed by atoms with van der Waals surface area (Å²) in [7, 11) is 0. The van der Waals surface area contributed by atoms with Gasteiger partial charge < -0.3 is 16.0 Å². The number of rotatable bonds is 7. The molecule has 1 fully saturated rings. The van der Waals surface area contributed by atoms with E-state index in [2.05, 4.69) is 25.2 Å². The summed E-state index contributed by atoms with van der Waals surface area (Å²) in [5.74, 6) is 0.0779. The summed E-state index contributed by atoms with van der Waals surface area (Å²) in [4.78, 5) is 26.5. The third-order valence-corrected chi connectivity index (χ3v) is 4.77. The molecule has 1 aliphatic rings. The van der Waals surface area contributed by atoms with Crippen molar-refractivity contribution in [2.24, 2.45) is 11.7 Å². The molecule has 3 N–H and O–H groups in total. The maximum atomic E-state index is 12.5. The lowest BCUT2D eigenvalue weighted by Crippen LogP contribution is -2.35. The number of hydrogen-bond donors (Lipinski definition) is 2. The summed E-state index contributed by atoms with van der Waals surface area (Å²) in [6, 6.07) is 8.08. The summed E-state index contributed by atoms with van der Waals surface area (Å²) >= 11 is 0. The first-order chi connectivity index (χ1) is 11.4. The van der Waals surface area contributed by atoms with Gasteiger partial charge in [-0.15, -0.1) is 0 Å². The highest BCUT2D eigenvalue weighted by Crippen LogP contribution is 2.33. The molecule has 0 saturated carbocycles. The van der Waals surface area contributed by atoms with Crippen molar-refractivity contribution in [2.45, 2.75) is 52.0 Å². The number of nitrogens with one attached hydrogen (secondary N) is 1. The number of carbonyl (C=O) groups is 2. The fourth-order valence-corrected chi connectivity index (χ4v) is 3.05. The van der Waals surface area contributed by atoms with Crippen LogP contribution in [0.3, 0.4) is 0 Å². The van der Waals surface area contributed by atoms with Gasteiger partial charge in [-0.1, -0.05) is 32.0 Å². The second-order valence-corrected chi connectivity index (χ2v) is 6.83. The highest BCUT2D eigenvalue weighted by atomic mass is 16.2. The molecule has 1 aromatic rings.